The Labute approximate surface area is 164 Å². The van der Waals surface area contributed by atoms with E-state index in [0.717, 1.165) is 32.3 Å². The summed E-state index contributed by atoms with van der Waals surface area (Å²) in [4.78, 5) is 4.42. The summed E-state index contributed by atoms with van der Waals surface area (Å²) < 4.78 is 7.15. The van der Waals surface area contributed by atoms with E-state index >= 15 is 0 Å². The number of nitrogens with zero attached hydrogens (tertiary/aromatic N) is 5. The molecule has 5 nitrogen and oxygen atoms in total. The molecule has 0 amide bonds. The average molecular weight is 400 g/mol. The van der Waals surface area contributed by atoms with Crippen LogP contribution in [0.4, 0.5) is 0 Å². The van der Waals surface area contributed by atoms with Gasteiger partial charge in [-0.15, -0.1) is 10.2 Å². The fourth-order valence-corrected chi connectivity index (χ4v) is 4.32. The van der Waals surface area contributed by atoms with E-state index in [2.05, 4.69) is 36.3 Å². The summed E-state index contributed by atoms with van der Waals surface area (Å²) in [5.41, 5.74) is 2.02. The van der Waals surface area contributed by atoms with Crippen molar-refractivity contribution in [3.05, 3.63) is 71.0 Å². The molecule has 0 unspecified atom stereocenters. The Morgan fingerprint density at radius 2 is 1.81 bits per heavy atom. The number of aromatic nitrogens is 5. The van der Waals surface area contributed by atoms with Crippen molar-refractivity contribution < 1.29 is 0 Å². The van der Waals surface area contributed by atoms with Gasteiger partial charge in [0.25, 0.3) is 0 Å². The normalized spacial score (nSPS) is 11.0. The standard InChI is InChI=1S/C18H14ClN5S2/c1-12-20-18(26-23-12)25-17-22-21-16(14-9-5-6-10-15(14)19)24(17)11-13-7-3-2-4-8-13/h2-10H,11H2,1H3. The van der Waals surface area contributed by atoms with Gasteiger partial charge in [-0.3, -0.25) is 4.57 Å². The average Bonchev–Trinajstić information content (AvgIpc) is 3.23. The molecule has 8 heteroatoms. The first-order valence-corrected chi connectivity index (χ1v) is 9.87. The van der Waals surface area contributed by atoms with E-state index in [-0.39, 0.29) is 0 Å². The van der Waals surface area contributed by atoms with Crippen LogP contribution in [0.25, 0.3) is 11.4 Å². The number of halogens is 1. The predicted molar refractivity (Wildman–Crippen MR) is 105 cm³/mol. The Bertz CT molecular complexity index is 1030. The quantitative estimate of drug-likeness (QED) is 0.474. The Morgan fingerprint density at radius 1 is 1.04 bits per heavy atom. The minimum atomic E-state index is 0.647. The van der Waals surface area contributed by atoms with Gasteiger partial charge in [0.2, 0.25) is 0 Å². The first-order valence-electron chi connectivity index (χ1n) is 7.91. The van der Waals surface area contributed by atoms with Crippen molar-refractivity contribution in [2.45, 2.75) is 23.0 Å². The van der Waals surface area contributed by atoms with Gasteiger partial charge in [0.1, 0.15) is 5.82 Å². The van der Waals surface area contributed by atoms with E-state index in [1.54, 1.807) is 0 Å². The number of hydrogen-bond donors (Lipinski definition) is 0. The zero-order valence-electron chi connectivity index (χ0n) is 13.8. The van der Waals surface area contributed by atoms with Gasteiger partial charge in [0.15, 0.2) is 15.3 Å². The maximum atomic E-state index is 6.40. The molecule has 0 aliphatic carbocycles. The van der Waals surface area contributed by atoms with Crippen LogP contribution in [0.1, 0.15) is 11.4 Å². The lowest BCUT2D eigenvalue weighted by molar-refractivity contribution is 0.714. The summed E-state index contributed by atoms with van der Waals surface area (Å²) in [6.07, 6.45) is 0. The van der Waals surface area contributed by atoms with E-state index in [1.165, 1.54) is 23.3 Å². The molecule has 0 N–H and O–H groups in total. The van der Waals surface area contributed by atoms with Gasteiger partial charge < -0.3 is 0 Å². The summed E-state index contributed by atoms with van der Waals surface area (Å²) in [6, 6.07) is 17.9. The molecule has 4 rings (SSSR count). The molecule has 2 aromatic carbocycles. The minimum absolute atomic E-state index is 0.647. The second kappa shape index (κ2) is 7.57. The molecule has 0 aliphatic heterocycles. The van der Waals surface area contributed by atoms with Gasteiger partial charge in [-0.25, -0.2) is 4.98 Å². The summed E-state index contributed by atoms with van der Waals surface area (Å²) in [5, 5.41) is 10.2. The molecule has 0 spiro atoms. The van der Waals surface area contributed by atoms with Crippen LogP contribution in [0.3, 0.4) is 0 Å². The molecular formula is C18H14ClN5S2. The van der Waals surface area contributed by atoms with Crippen molar-refractivity contribution >= 4 is 34.9 Å². The molecule has 0 bridgehead atoms. The Hall–Kier alpha value is -2.22. The highest BCUT2D eigenvalue weighted by molar-refractivity contribution is 8.00. The van der Waals surface area contributed by atoms with Crippen LogP contribution in [0, 0.1) is 6.92 Å². The number of benzene rings is 2. The number of hydrogen-bond acceptors (Lipinski definition) is 6. The highest BCUT2D eigenvalue weighted by Crippen LogP contribution is 2.33. The smallest absolute Gasteiger partial charge is 0.198 e. The molecule has 0 radical (unpaired) electrons. The lowest BCUT2D eigenvalue weighted by Crippen LogP contribution is -2.04. The lowest BCUT2D eigenvalue weighted by atomic mass is 10.2. The zero-order chi connectivity index (χ0) is 17.9. The van der Waals surface area contributed by atoms with E-state index in [9.17, 15) is 0 Å². The van der Waals surface area contributed by atoms with Crippen LogP contribution in [0.15, 0.2) is 64.1 Å². The van der Waals surface area contributed by atoms with Crippen LogP contribution >= 0.6 is 34.9 Å². The molecule has 2 aromatic heterocycles. The van der Waals surface area contributed by atoms with E-state index in [1.807, 2.05) is 49.4 Å². The molecule has 26 heavy (non-hydrogen) atoms. The Kier molecular flexibility index (Phi) is 5.01. The first-order chi connectivity index (χ1) is 12.7. The monoisotopic (exact) mass is 399 g/mol. The molecule has 130 valence electrons. The van der Waals surface area contributed by atoms with Gasteiger partial charge in [-0.1, -0.05) is 54.1 Å². The van der Waals surface area contributed by atoms with Gasteiger partial charge in [0.05, 0.1) is 11.6 Å². The van der Waals surface area contributed by atoms with E-state index in [4.69, 9.17) is 11.6 Å². The largest absolute Gasteiger partial charge is 0.297 e. The Balaban J connectivity index is 1.77. The molecule has 0 aliphatic rings. The van der Waals surface area contributed by atoms with E-state index < -0.39 is 0 Å². The van der Waals surface area contributed by atoms with Crippen molar-refractivity contribution in [1.29, 1.82) is 0 Å². The number of rotatable bonds is 5. The van der Waals surface area contributed by atoms with Crippen molar-refractivity contribution in [3.8, 4) is 11.4 Å². The van der Waals surface area contributed by atoms with Crippen LogP contribution in [0.2, 0.25) is 5.02 Å². The van der Waals surface area contributed by atoms with Crippen LogP contribution in [0.5, 0.6) is 0 Å². The summed E-state index contributed by atoms with van der Waals surface area (Å²) in [6.45, 7) is 2.53. The van der Waals surface area contributed by atoms with Crippen molar-refractivity contribution in [1.82, 2.24) is 24.1 Å². The highest BCUT2D eigenvalue weighted by atomic mass is 35.5. The lowest BCUT2D eigenvalue weighted by Gasteiger charge is -2.10. The van der Waals surface area contributed by atoms with E-state index in [0.29, 0.717) is 11.6 Å². The fraction of sp³-hybridized carbons (Fsp3) is 0.111. The summed E-state index contributed by atoms with van der Waals surface area (Å²) in [7, 11) is 0. The fourth-order valence-electron chi connectivity index (χ4n) is 2.51. The van der Waals surface area contributed by atoms with Crippen LogP contribution in [-0.4, -0.2) is 24.1 Å². The minimum Gasteiger partial charge on any atom is -0.297 e. The third-order valence-electron chi connectivity index (χ3n) is 3.70. The highest BCUT2D eigenvalue weighted by Gasteiger charge is 2.18. The van der Waals surface area contributed by atoms with Crippen LogP contribution < -0.4 is 0 Å². The van der Waals surface area contributed by atoms with Gasteiger partial charge in [-0.2, -0.15) is 4.37 Å². The summed E-state index contributed by atoms with van der Waals surface area (Å²) >= 11 is 9.23. The molecule has 0 saturated heterocycles. The zero-order valence-corrected chi connectivity index (χ0v) is 16.2. The molecular weight excluding hydrogens is 386 g/mol. The molecule has 0 fully saturated rings. The molecule has 4 aromatic rings. The third kappa shape index (κ3) is 3.65. The maximum absolute atomic E-state index is 6.40. The van der Waals surface area contributed by atoms with Gasteiger partial charge in [-0.05, 0) is 47.9 Å². The summed E-state index contributed by atoms with van der Waals surface area (Å²) in [5.74, 6) is 1.50. The van der Waals surface area contributed by atoms with Crippen molar-refractivity contribution in [3.63, 3.8) is 0 Å². The van der Waals surface area contributed by atoms with Crippen molar-refractivity contribution in [2.75, 3.05) is 0 Å². The second-order valence-electron chi connectivity index (χ2n) is 5.57. The molecule has 0 saturated carbocycles. The topological polar surface area (TPSA) is 56.5 Å². The third-order valence-corrected chi connectivity index (χ3v) is 5.86. The SMILES string of the molecule is Cc1nsc(Sc2nnc(-c3ccccc3Cl)n2Cc2ccccc2)n1. The van der Waals surface area contributed by atoms with Crippen LogP contribution in [-0.2, 0) is 6.54 Å². The predicted octanol–water partition coefficient (Wildman–Crippen LogP) is 4.96. The maximum Gasteiger partial charge on any atom is 0.198 e. The molecule has 2 heterocycles. The van der Waals surface area contributed by atoms with Gasteiger partial charge >= 0.3 is 0 Å². The van der Waals surface area contributed by atoms with Crippen molar-refractivity contribution in [2.24, 2.45) is 0 Å². The first kappa shape index (κ1) is 17.2. The van der Waals surface area contributed by atoms with Gasteiger partial charge in [0, 0.05) is 5.56 Å². The number of aryl methyl sites for hydroxylation is 1. The molecule has 0 atom stereocenters. The second-order valence-corrected chi connectivity index (χ2v) is 7.94. The Morgan fingerprint density at radius 3 is 2.54 bits per heavy atom.